The Balaban J connectivity index is 0.000000340. The predicted octanol–water partition coefficient (Wildman–Crippen LogP) is 15.8. The molecule has 2 N–H and O–H groups in total. The van der Waals surface area contributed by atoms with Crippen LogP contribution in [0.15, 0.2) is 62.4 Å². The fourth-order valence-electron chi connectivity index (χ4n) is 10.3. The number of rotatable bonds is 32. The molecule has 2 atom stereocenters. The number of aromatic hydroxyl groups is 1. The Bertz CT molecular complexity index is 2440. The van der Waals surface area contributed by atoms with E-state index in [4.69, 9.17) is 9.97 Å². The van der Waals surface area contributed by atoms with Gasteiger partial charge in [0.05, 0.1) is 39.4 Å². The number of aliphatic imine (C=N–C) groups is 1. The molecular weight excluding hydrogens is 989 g/mol. The molecule has 396 valence electrons. The number of thiazole rings is 4. The third kappa shape index (κ3) is 14.8. The van der Waals surface area contributed by atoms with Gasteiger partial charge in [-0.05, 0) is 37.5 Å². The van der Waals surface area contributed by atoms with Crippen LogP contribution in [0.3, 0.4) is 0 Å². The minimum atomic E-state index is -0.382. The number of nitrogens with zero attached hydrogens (tertiary/aromatic N) is 7. The minimum absolute atomic E-state index is 0. The Labute approximate surface area is 451 Å². The van der Waals surface area contributed by atoms with E-state index in [0.29, 0.717) is 68.6 Å². The summed E-state index contributed by atoms with van der Waals surface area (Å²) in [5, 5.41) is 20.5. The maximum atomic E-state index is 14.9. The fraction of sp³-hybridized carbons (Fsp3) is 0.561. The highest BCUT2D eigenvalue weighted by atomic mass is 32.1. The molecule has 12 nitrogen and oxygen atoms in total. The number of unbranched alkanes of at least 4 members (excludes halogenated alkanes) is 16. The number of hydrogen-bond acceptors (Lipinski definition) is 12. The summed E-state index contributed by atoms with van der Waals surface area (Å²) >= 11 is 5.83. The maximum absolute atomic E-state index is 14.9. The van der Waals surface area contributed by atoms with Gasteiger partial charge in [-0.15, -0.1) is 45.3 Å². The number of carbonyl (C=O) groups excluding carboxylic acids is 3. The second kappa shape index (κ2) is 30.0. The summed E-state index contributed by atoms with van der Waals surface area (Å²) in [7, 11) is 0. The molecule has 0 saturated heterocycles. The van der Waals surface area contributed by atoms with E-state index in [0.717, 1.165) is 47.1 Å². The van der Waals surface area contributed by atoms with Gasteiger partial charge in [0.25, 0.3) is 17.7 Å². The average Bonchev–Trinajstić information content (AvgIpc) is 4.25. The average molecular weight is 1070 g/mol. The molecule has 8 heterocycles. The van der Waals surface area contributed by atoms with Crippen molar-refractivity contribution < 1.29 is 19.5 Å². The summed E-state index contributed by atoms with van der Waals surface area (Å²) in [6.45, 7) is 10.4. The second-order valence-corrected chi connectivity index (χ2v) is 23.1. The monoisotopic (exact) mass is 1070 g/mol. The number of nitrogens with one attached hydrogen (secondary N) is 1. The van der Waals surface area contributed by atoms with E-state index in [1.165, 1.54) is 174 Å². The first-order chi connectivity index (χ1) is 35.3. The molecule has 0 fully saturated rings. The van der Waals surface area contributed by atoms with Gasteiger partial charge in [0, 0.05) is 59.4 Å². The molecule has 3 aliphatic rings. The van der Waals surface area contributed by atoms with E-state index < -0.39 is 0 Å². The largest absolute Gasteiger partial charge is 0.494 e. The molecule has 0 aromatic carbocycles. The lowest BCUT2D eigenvalue weighted by Crippen LogP contribution is -2.35. The lowest BCUT2D eigenvalue weighted by molar-refractivity contribution is -0.124. The van der Waals surface area contributed by atoms with E-state index >= 15 is 0 Å². The number of H-pyrrole nitrogens is 1. The Kier molecular flexibility index (Phi) is 23.7. The van der Waals surface area contributed by atoms with Crippen molar-refractivity contribution in [1.29, 1.82) is 0 Å². The third-order valence-electron chi connectivity index (χ3n) is 14.1. The molecule has 0 bridgehead atoms. The molecule has 5 aromatic heterocycles. The molecule has 3 amide bonds. The van der Waals surface area contributed by atoms with Crippen molar-refractivity contribution in [3.63, 3.8) is 0 Å². The maximum Gasteiger partial charge on any atom is 0.280 e. The Morgan fingerprint density at radius 3 is 1.23 bits per heavy atom. The SMILES string of the molecule is CCCCCCCCC(CCCCCC)CN1C(=O)C2=C(c3nccs3)N(CC(CCCCCC)CCCCCCCC)C(=O)C2=C1c1nccs1.O=C1N=C(c2nccs2)c2c(O)[nH]c(-c3nccs3)c21.[CH3-]. The van der Waals surface area contributed by atoms with Gasteiger partial charge in [0.15, 0.2) is 5.88 Å². The first-order valence-electron chi connectivity index (χ1n) is 27.1. The number of amides is 3. The summed E-state index contributed by atoms with van der Waals surface area (Å²) < 4.78 is 0. The lowest BCUT2D eigenvalue weighted by atomic mass is 9.93. The predicted molar refractivity (Wildman–Crippen MR) is 304 cm³/mol. The van der Waals surface area contributed by atoms with E-state index in [2.05, 4.69) is 47.6 Å². The van der Waals surface area contributed by atoms with Crippen LogP contribution < -0.4 is 0 Å². The van der Waals surface area contributed by atoms with Gasteiger partial charge < -0.3 is 27.3 Å². The van der Waals surface area contributed by atoms with Gasteiger partial charge in [-0.25, -0.2) is 24.9 Å². The number of aromatic amines is 1. The first kappa shape index (κ1) is 57.6. The van der Waals surface area contributed by atoms with Crippen LogP contribution in [0.4, 0.5) is 0 Å². The van der Waals surface area contributed by atoms with Crippen molar-refractivity contribution in [3.05, 3.63) is 91.0 Å². The molecular formula is C57H79N8O4S4-. The van der Waals surface area contributed by atoms with Crippen molar-refractivity contribution in [1.82, 2.24) is 34.7 Å². The molecule has 5 aromatic rings. The highest BCUT2D eigenvalue weighted by molar-refractivity contribution is 7.13. The standard InChI is InChI=1S/C44H70N4O2S2.C12H6N4O2S2.CH3/c1-5-9-13-17-19-23-27-35(25-21-15-11-7-3)33-47-39(41-45-29-31-51-41)37-38(43(47)49)40(42-46-30-32-52-42)48(44(37)50)34-36(26-22-16-12-8-4)28-24-20-18-14-10-6-2;17-9-5-6(8(16-9)12-14-2-4-20-12)10(18)15-7(5)11-13-1-3-19-11;/h29-32,35-36H,5-28,33-34H2,1-4H3;1-4,15,18H;1H3/q;;-1. The van der Waals surface area contributed by atoms with Crippen LogP contribution in [-0.4, -0.2) is 76.3 Å². The normalized spacial score (nSPS) is 15.0. The summed E-state index contributed by atoms with van der Waals surface area (Å²) in [6.07, 6.45) is 36.5. The fourth-order valence-corrected chi connectivity index (χ4v) is 13.0. The van der Waals surface area contributed by atoms with Gasteiger partial charge in [-0.1, -0.05) is 156 Å². The summed E-state index contributed by atoms with van der Waals surface area (Å²) in [6, 6.07) is 0. The second-order valence-electron chi connectivity index (χ2n) is 19.5. The molecule has 73 heavy (non-hydrogen) atoms. The molecule has 3 aliphatic heterocycles. The zero-order valence-corrected chi connectivity index (χ0v) is 47.4. The van der Waals surface area contributed by atoms with Crippen molar-refractivity contribution in [3.8, 4) is 16.6 Å². The zero-order valence-electron chi connectivity index (χ0n) is 44.1. The molecule has 0 aliphatic carbocycles. The first-order valence-corrected chi connectivity index (χ1v) is 30.6. The smallest absolute Gasteiger partial charge is 0.280 e. The summed E-state index contributed by atoms with van der Waals surface area (Å²) in [5.41, 5.74) is 4.32. The van der Waals surface area contributed by atoms with Crippen molar-refractivity contribution >= 4 is 80.2 Å². The number of aromatic nitrogens is 5. The van der Waals surface area contributed by atoms with Crippen LogP contribution in [0.2, 0.25) is 0 Å². The molecule has 2 unspecified atom stereocenters. The molecule has 0 spiro atoms. The van der Waals surface area contributed by atoms with Crippen molar-refractivity contribution in [2.75, 3.05) is 13.1 Å². The van der Waals surface area contributed by atoms with Crippen molar-refractivity contribution in [2.45, 2.75) is 182 Å². The highest BCUT2D eigenvalue weighted by Crippen LogP contribution is 2.48. The minimum Gasteiger partial charge on any atom is -0.494 e. The lowest BCUT2D eigenvalue weighted by Gasteiger charge is -2.29. The molecule has 8 rings (SSSR count). The molecule has 0 radical (unpaired) electrons. The van der Waals surface area contributed by atoms with E-state index in [-0.39, 0.29) is 31.0 Å². The van der Waals surface area contributed by atoms with E-state index in [1.807, 2.05) is 38.3 Å². The van der Waals surface area contributed by atoms with Gasteiger partial charge in [-0.2, -0.15) is 0 Å². The van der Waals surface area contributed by atoms with Crippen LogP contribution in [-0.2, 0) is 9.59 Å². The summed E-state index contributed by atoms with van der Waals surface area (Å²) in [4.78, 5) is 70.4. The third-order valence-corrected chi connectivity index (χ3v) is 17.3. The quantitative estimate of drug-likeness (QED) is 0.0318. The summed E-state index contributed by atoms with van der Waals surface area (Å²) in [5.74, 6) is 0.288. The van der Waals surface area contributed by atoms with Gasteiger partial charge >= 0.3 is 0 Å². The van der Waals surface area contributed by atoms with E-state index in [9.17, 15) is 19.5 Å². The van der Waals surface area contributed by atoms with Gasteiger partial charge in [-0.3, -0.25) is 14.4 Å². The van der Waals surface area contributed by atoms with Crippen LogP contribution in [0, 0.1) is 19.3 Å². The highest BCUT2D eigenvalue weighted by Gasteiger charge is 2.50. The van der Waals surface area contributed by atoms with Crippen LogP contribution in [0.1, 0.15) is 213 Å². The van der Waals surface area contributed by atoms with Crippen LogP contribution in [0.25, 0.3) is 22.1 Å². The van der Waals surface area contributed by atoms with Crippen molar-refractivity contribution in [2.24, 2.45) is 16.8 Å². The van der Waals surface area contributed by atoms with E-state index in [1.54, 1.807) is 17.8 Å². The van der Waals surface area contributed by atoms with Gasteiger partial charge in [0.1, 0.15) is 25.7 Å². The Morgan fingerprint density at radius 2 is 0.849 bits per heavy atom. The Hall–Kier alpha value is -4.64. The molecule has 0 saturated carbocycles. The number of carbonyl (C=O) groups is 3. The number of fused-ring (bicyclic) bond motifs is 2. The van der Waals surface area contributed by atoms with Crippen LogP contribution in [0.5, 0.6) is 5.88 Å². The topological polar surface area (TPSA) is 158 Å². The number of hydrogen-bond donors (Lipinski definition) is 2. The zero-order chi connectivity index (χ0) is 50.7. The Morgan fingerprint density at radius 1 is 0.493 bits per heavy atom. The molecule has 16 heteroatoms. The van der Waals surface area contributed by atoms with Gasteiger partial charge in [0.2, 0.25) is 0 Å². The van der Waals surface area contributed by atoms with Crippen LogP contribution >= 0.6 is 45.3 Å².